The van der Waals surface area contributed by atoms with Crippen LogP contribution in [0, 0.1) is 0 Å². The molecule has 0 atom stereocenters. The van der Waals surface area contributed by atoms with E-state index < -0.39 is 11.9 Å². The summed E-state index contributed by atoms with van der Waals surface area (Å²) in [5.74, 6) is -1.49. The average molecular weight is 319 g/mol. The SMILES string of the molecule is CC(C)(C)c1cc(NC(=O)/C=C\C(=O)O)cc(C(C)(C)C)c1O. The highest BCUT2D eigenvalue weighted by Gasteiger charge is 2.26. The van der Waals surface area contributed by atoms with Crippen LogP contribution in [-0.2, 0) is 20.4 Å². The van der Waals surface area contributed by atoms with Gasteiger partial charge in [-0.1, -0.05) is 41.5 Å². The number of phenols is 1. The number of amides is 1. The van der Waals surface area contributed by atoms with Crippen molar-refractivity contribution in [1.82, 2.24) is 0 Å². The van der Waals surface area contributed by atoms with Gasteiger partial charge in [-0.05, 0) is 23.0 Å². The fourth-order valence-electron chi connectivity index (χ4n) is 2.18. The maximum Gasteiger partial charge on any atom is 0.328 e. The van der Waals surface area contributed by atoms with Crippen molar-refractivity contribution in [2.45, 2.75) is 52.4 Å². The first-order valence-electron chi connectivity index (χ1n) is 7.42. The number of rotatable bonds is 3. The molecule has 0 heterocycles. The number of aromatic hydroxyl groups is 1. The Bertz CT molecular complexity index is 611. The molecule has 0 saturated carbocycles. The van der Waals surface area contributed by atoms with E-state index in [1.807, 2.05) is 41.5 Å². The summed E-state index contributed by atoms with van der Waals surface area (Å²) in [6.45, 7) is 11.9. The number of nitrogens with one attached hydrogen (secondary N) is 1. The Morgan fingerprint density at radius 2 is 1.39 bits per heavy atom. The first-order chi connectivity index (χ1) is 10.3. The molecule has 5 heteroatoms. The molecule has 5 nitrogen and oxygen atoms in total. The minimum atomic E-state index is -1.18. The largest absolute Gasteiger partial charge is 0.507 e. The molecule has 1 amide bonds. The molecule has 23 heavy (non-hydrogen) atoms. The van der Waals surface area contributed by atoms with Crippen LogP contribution < -0.4 is 5.32 Å². The van der Waals surface area contributed by atoms with Crippen molar-refractivity contribution >= 4 is 17.6 Å². The van der Waals surface area contributed by atoms with E-state index in [4.69, 9.17) is 5.11 Å². The predicted octanol–water partition coefficient (Wildman–Crippen LogP) is 3.57. The zero-order valence-electron chi connectivity index (χ0n) is 14.5. The summed E-state index contributed by atoms with van der Waals surface area (Å²) in [5.41, 5.74) is 1.37. The summed E-state index contributed by atoms with van der Waals surface area (Å²) in [5, 5.41) is 21.8. The number of benzene rings is 1. The second-order valence-electron chi connectivity index (χ2n) is 7.58. The first kappa shape index (κ1) is 18.7. The molecule has 1 aromatic rings. The van der Waals surface area contributed by atoms with Gasteiger partial charge in [0.2, 0.25) is 5.91 Å². The number of carbonyl (C=O) groups is 2. The summed E-state index contributed by atoms with van der Waals surface area (Å²) < 4.78 is 0. The molecule has 0 aliphatic heterocycles. The molecule has 0 radical (unpaired) electrons. The Labute approximate surface area is 137 Å². The van der Waals surface area contributed by atoms with Gasteiger partial charge >= 0.3 is 5.97 Å². The molecular formula is C18H25NO4. The maximum atomic E-state index is 11.8. The van der Waals surface area contributed by atoms with Gasteiger partial charge in [0.15, 0.2) is 0 Å². The Balaban J connectivity index is 3.34. The molecule has 0 bridgehead atoms. The van der Waals surface area contributed by atoms with Gasteiger partial charge in [-0.25, -0.2) is 4.79 Å². The smallest absolute Gasteiger partial charge is 0.328 e. The van der Waals surface area contributed by atoms with Crippen LogP contribution in [0.2, 0.25) is 0 Å². The van der Waals surface area contributed by atoms with Crippen molar-refractivity contribution in [3.8, 4) is 5.75 Å². The van der Waals surface area contributed by atoms with Gasteiger partial charge in [-0.3, -0.25) is 4.79 Å². The maximum absolute atomic E-state index is 11.8. The van der Waals surface area contributed by atoms with Crippen LogP contribution in [0.15, 0.2) is 24.3 Å². The second kappa shape index (κ2) is 6.44. The molecule has 1 rings (SSSR count). The van der Waals surface area contributed by atoms with E-state index in [1.165, 1.54) is 0 Å². The molecule has 0 spiro atoms. The topological polar surface area (TPSA) is 86.6 Å². The highest BCUT2D eigenvalue weighted by Crippen LogP contribution is 2.40. The van der Waals surface area contributed by atoms with Crippen LogP contribution in [0.5, 0.6) is 5.75 Å². The van der Waals surface area contributed by atoms with Crippen molar-refractivity contribution in [3.05, 3.63) is 35.4 Å². The standard InChI is InChI=1S/C18H25NO4/c1-17(2,3)12-9-11(19-14(20)7-8-15(21)22)10-13(16(12)23)18(4,5)6/h7-10,23H,1-6H3,(H,19,20)(H,21,22)/b8-7-. The molecular weight excluding hydrogens is 294 g/mol. The summed E-state index contributed by atoms with van der Waals surface area (Å²) in [7, 11) is 0. The van der Waals surface area contributed by atoms with E-state index in [0.29, 0.717) is 5.69 Å². The lowest BCUT2D eigenvalue weighted by molar-refractivity contribution is -0.131. The number of carbonyl (C=O) groups excluding carboxylic acids is 1. The number of anilines is 1. The molecule has 0 saturated heterocycles. The predicted molar refractivity (Wildman–Crippen MR) is 90.9 cm³/mol. The minimum Gasteiger partial charge on any atom is -0.507 e. The fraction of sp³-hybridized carbons (Fsp3) is 0.444. The number of carboxylic acids is 1. The molecule has 0 aliphatic rings. The van der Waals surface area contributed by atoms with Gasteiger partial charge < -0.3 is 15.5 Å². The summed E-state index contributed by atoms with van der Waals surface area (Å²) in [4.78, 5) is 22.3. The molecule has 0 aromatic heterocycles. The lowest BCUT2D eigenvalue weighted by Crippen LogP contribution is -2.19. The molecule has 0 aliphatic carbocycles. The van der Waals surface area contributed by atoms with Crippen molar-refractivity contribution in [2.75, 3.05) is 5.32 Å². The van der Waals surface area contributed by atoms with Crippen molar-refractivity contribution in [3.63, 3.8) is 0 Å². The highest BCUT2D eigenvalue weighted by atomic mass is 16.4. The summed E-state index contributed by atoms with van der Waals surface area (Å²) in [6, 6.07) is 3.44. The van der Waals surface area contributed by atoms with Gasteiger partial charge in [0.05, 0.1) is 0 Å². The average Bonchev–Trinajstić information content (AvgIpc) is 2.35. The molecule has 126 valence electrons. The van der Waals surface area contributed by atoms with Crippen LogP contribution in [-0.4, -0.2) is 22.1 Å². The Morgan fingerprint density at radius 3 is 1.74 bits per heavy atom. The summed E-state index contributed by atoms with van der Waals surface area (Å²) in [6.07, 6.45) is 1.74. The van der Waals surface area contributed by atoms with Crippen molar-refractivity contribution < 1.29 is 19.8 Å². The van der Waals surface area contributed by atoms with E-state index in [0.717, 1.165) is 23.3 Å². The van der Waals surface area contributed by atoms with Crippen LogP contribution in [0.3, 0.4) is 0 Å². The zero-order valence-corrected chi connectivity index (χ0v) is 14.5. The Hall–Kier alpha value is -2.30. The van der Waals surface area contributed by atoms with Gasteiger partial charge in [0.1, 0.15) is 5.75 Å². The van der Waals surface area contributed by atoms with E-state index >= 15 is 0 Å². The highest BCUT2D eigenvalue weighted by molar-refractivity contribution is 6.02. The number of hydrogen-bond acceptors (Lipinski definition) is 3. The van der Waals surface area contributed by atoms with E-state index in [2.05, 4.69) is 5.32 Å². The van der Waals surface area contributed by atoms with Crippen LogP contribution in [0.4, 0.5) is 5.69 Å². The minimum absolute atomic E-state index is 0.226. The third kappa shape index (κ3) is 5.13. The van der Waals surface area contributed by atoms with E-state index in [9.17, 15) is 14.7 Å². The zero-order chi connectivity index (χ0) is 18.0. The van der Waals surface area contributed by atoms with Crippen molar-refractivity contribution in [1.29, 1.82) is 0 Å². The fourth-order valence-corrected chi connectivity index (χ4v) is 2.18. The second-order valence-corrected chi connectivity index (χ2v) is 7.58. The lowest BCUT2D eigenvalue weighted by atomic mass is 9.79. The first-order valence-corrected chi connectivity index (χ1v) is 7.42. The van der Waals surface area contributed by atoms with Crippen LogP contribution in [0.25, 0.3) is 0 Å². The van der Waals surface area contributed by atoms with E-state index in [-0.39, 0.29) is 16.6 Å². The number of hydrogen-bond donors (Lipinski definition) is 3. The summed E-state index contributed by atoms with van der Waals surface area (Å²) >= 11 is 0. The molecule has 1 aromatic carbocycles. The molecule has 0 unspecified atom stereocenters. The number of aliphatic carboxylic acids is 1. The van der Waals surface area contributed by atoms with Gasteiger partial charge in [-0.15, -0.1) is 0 Å². The Morgan fingerprint density at radius 1 is 0.957 bits per heavy atom. The third-order valence-electron chi connectivity index (χ3n) is 3.37. The quantitative estimate of drug-likeness (QED) is 0.587. The number of phenolic OH excluding ortho intramolecular Hbond substituents is 1. The van der Waals surface area contributed by atoms with E-state index in [1.54, 1.807) is 12.1 Å². The third-order valence-corrected chi connectivity index (χ3v) is 3.37. The molecule has 3 N–H and O–H groups in total. The van der Waals surface area contributed by atoms with Crippen LogP contribution >= 0.6 is 0 Å². The van der Waals surface area contributed by atoms with Gasteiger partial charge in [-0.2, -0.15) is 0 Å². The number of carboxylic acid groups (broad SMARTS) is 1. The normalized spacial score (nSPS) is 12.4. The van der Waals surface area contributed by atoms with Crippen molar-refractivity contribution in [2.24, 2.45) is 0 Å². The van der Waals surface area contributed by atoms with Gasteiger partial charge in [0.25, 0.3) is 0 Å². The lowest BCUT2D eigenvalue weighted by Gasteiger charge is -2.28. The molecule has 0 fully saturated rings. The van der Waals surface area contributed by atoms with Crippen LogP contribution in [0.1, 0.15) is 52.7 Å². The monoisotopic (exact) mass is 319 g/mol. The Kier molecular flexibility index (Phi) is 5.25. The van der Waals surface area contributed by atoms with Gasteiger partial charge in [0, 0.05) is 29.0 Å².